The molecule has 0 radical (unpaired) electrons. The molecule has 1 aromatic rings. The first-order chi connectivity index (χ1) is 8.64. The molecule has 0 unspecified atom stereocenters. The largest absolute Gasteiger partial charge is 0.381 e. The van der Waals surface area contributed by atoms with E-state index in [1.165, 1.54) is 11.3 Å². The van der Waals surface area contributed by atoms with Gasteiger partial charge in [-0.15, -0.1) is 22.6 Å². The Balaban J connectivity index is 0.00000180. The van der Waals surface area contributed by atoms with Crippen LogP contribution in [0.3, 0.4) is 0 Å². The van der Waals surface area contributed by atoms with Gasteiger partial charge in [0.2, 0.25) is 11.0 Å². The molecule has 0 aromatic carbocycles. The number of ether oxygens (including phenoxy) is 1. The fourth-order valence-corrected chi connectivity index (χ4v) is 3.27. The summed E-state index contributed by atoms with van der Waals surface area (Å²) in [6.45, 7) is 3.09. The number of carbonyl (C=O) groups is 1. The number of carbonyl (C=O) groups excluding carboxylic acids is 1. The van der Waals surface area contributed by atoms with Gasteiger partial charge in [-0.1, -0.05) is 30.0 Å². The first-order valence-electron chi connectivity index (χ1n) is 5.78. The van der Waals surface area contributed by atoms with Crippen LogP contribution in [0.4, 0.5) is 5.13 Å². The summed E-state index contributed by atoms with van der Waals surface area (Å²) in [5.41, 5.74) is 5.23. The molecule has 1 saturated heterocycles. The minimum Gasteiger partial charge on any atom is -0.381 e. The summed E-state index contributed by atoms with van der Waals surface area (Å²) in [5.74, 6) is 0.732. The maximum atomic E-state index is 12.1. The Morgan fingerprint density at radius 1 is 1.53 bits per heavy atom. The summed E-state index contributed by atoms with van der Waals surface area (Å²) < 4.78 is 6.07. The second-order valence-electron chi connectivity index (χ2n) is 4.03. The maximum absolute atomic E-state index is 12.1. The number of amides is 1. The molecule has 2 heterocycles. The Morgan fingerprint density at radius 2 is 2.21 bits per heavy atom. The predicted octanol–water partition coefficient (Wildman–Crippen LogP) is 1.52. The maximum Gasteiger partial charge on any atom is 0.246 e. The normalized spacial score (nSPS) is 17.6. The number of nitrogens with zero attached hydrogens (tertiary/aromatic N) is 2. The molecular weight excluding hydrogens is 308 g/mol. The highest BCUT2D eigenvalue weighted by molar-refractivity contribution is 8.01. The second kappa shape index (κ2) is 7.39. The number of hydrogen-bond donors (Lipinski definition) is 2. The fraction of sp³-hybridized carbons (Fsp3) is 0.700. The molecule has 0 saturated carbocycles. The molecule has 6 nitrogen and oxygen atoms in total. The molecule has 1 amide bonds. The molecule has 1 aliphatic rings. The molecular formula is C10H17ClN4O2S2. The van der Waals surface area contributed by atoms with E-state index in [2.05, 4.69) is 15.5 Å². The average molecular weight is 325 g/mol. The van der Waals surface area contributed by atoms with E-state index in [4.69, 9.17) is 10.5 Å². The minimum atomic E-state index is -0.845. The van der Waals surface area contributed by atoms with Crippen molar-refractivity contribution in [2.45, 2.75) is 29.6 Å². The molecule has 0 bridgehead atoms. The lowest BCUT2D eigenvalue weighted by Gasteiger charge is -2.31. The molecule has 0 spiro atoms. The highest BCUT2D eigenvalue weighted by Gasteiger charge is 2.36. The van der Waals surface area contributed by atoms with Gasteiger partial charge < -0.3 is 10.5 Å². The third-order valence-corrected chi connectivity index (χ3v) is 4.59. The van der Waals surface area contributed by atoms with E-state index in [1.54, 1.807) is 11.8 Å². The van der Waals surface area contributed by atoms with Crippen molar-refractivity contribution >= 4 is 46.5 Å². The molecule has 2 rings (SSSR count). The lowest BCUT2D eigenvalue weighted by molar-refractivity contribution is -0.124. The Kier molecular flexibility index (Phi) is 6.48. The third-order valence-electron chi connectivity index (χ3n) is 2.73. The van der Waals surface area contributed by atoms with Crippen LogP contribution in [-0.2, 0) is 9.53 Å². The number of nitrogens with one attached hydrogen (secondary N) is 1. The Labute approximate surface area is 126 Å². The molecule has 19 heavy (non-hydrogen) atoms. The molecule has 3 N–H and O–H groups in total. The van der Waals surface area contributed by atoms with Crippen molar-refractivity contribution in [1.82, 2.24) is 10.2 Å². The Morgan fingerprint density at radius 3 is 2.84 bits per heavy atom. The smallest absolute Gasteiger partial charge is 0.246 e. The van der Waals surface area contributed by atoms with Crippen LogP contribution < -0.4 is 11.1 Å². The predicted molar refractivity (Wildman–Crippen MR) is 79.2 cm³/mol. The molecule has 1 fully saturated rings. The Hall–Kier alpha value is -0.410. The standard InChI is InChI=1S/C10H16N4O2S2.ClH/c1-2-17-9-14-13-8(18-9)12-7(15)10(11)3-5-16-6-4-10;/h2-6,11H2,1H3,(H,12,13,15);1H. The van der Waals surface area contributed by atoms with Crippen molar-refractivity contribution < 1.29 is 9.53 Å². The van der Waals surface area contributed by atoms with E-state index in [-0.39, 0.29) is 18.3 Å². The van der Waals surface area contributed by atoms with Gasteiger partial charge in [-0.3, -0.25) is 10.1 Å². The number of hydrogen-bond acceptors (Lipinski definition) is 7. The zero-order chi connectivity index (χ0) is 13.0. The van der Waals surface area contributed by atoms with Crippen LogP contribution in [0.5, 0.6) is 0 Å². The first-order valence-corrected chi connectivity index (χ1v) is 7.58. The van der Waals surface area contributed by atoms with E-state index in [1.807, 2.05) is 6.92 Å². The summed E-state index contributed by atoms with van der Waals surface area (Å²) in [5, 5.41) is 11.2. The number of halogens is 1. The van der Waals surface area contributed by atoms with E-state index >= 15 is 0 Å². The van der Waals surface area contributed by atoms with Gasteiger partial charge in [0.1, 0.15) is 5.54 Å². The van der Waals surface area contributed by atoms with Gasteiger partial charge in [0.05, 0.1) is 0 Å². The van der Waals surface area contributed by atoms with Crippen LogP contribution in [-0.4, -0.2) is 40.6 Å². The summed E-state index contributed by atoms with van der Waals surface area (Å²) >= 11 is 2.97. The number of nitrogens with two attached hydrogens (primary N) is 1. The zero-order valence-corrected chi connectivity index (χ0v) is 13.0. The van der Waals surface area contributed by atoms with Crippen molar-refractivity contribution in [2.75, 3.05) is 24.3 Å². The van der Waals surface area contributed by atoms with E-state index in [9.17, 15) is 4.79 Å². The van der Waals surface area contributed by atoms with Crippen molar-refractivity contribution in [2.24, 2.45) is 5.73 Å². The van der Waals surface area contributed by atoms with Gasteiger partial charge in [-0.25, -0.2) is 0 Å². The first kappa shape index (κ1) is 16.6. The van der Waals surface area contributed by atoms with Gasteiger partial charge >= 0.3 is 0 Å². The molecule has 1 aliphatic heterocycles. The van der Waals surface area contributed by atoms with Gasteiger partial charge in [0, 0.05) is 13.2 Å². The molecule has 108 valence electrons. The van der Waals surface area contributed by atoms with Crippen LogP contribution in [0.15, 0.2) is 4.34 Å². The van der Waals surface area contributed by atoms with Crippen LogP contribution in [0.2, 0.25) is 0 Å². The quantitative estimate of drug-likeness (QED) is 0.644. The average Bonchev–Trinajstić information content (AvgIpc) is 2.78. The zero-order valence-electron chi connectivity index (χ0n) is 10.5. The Bertz CT molecular complexity index is 423. The number of thioether (sulfide) groups is 1. The van der Waals surface area contributed by atoms with Crippen molar-refractivity contribution in [1.29, 1.82) is 0 Å². The molecule has 0 aliphatic carbocycles. The lowest BCUT2D eigenvalue weighted by atomic mass is 9.90. The molecule has 9 heteroatoms. The van der Waals surface area contributed by atoms with E-state index in [0.717, 1.165) is 10.1 Å². The minimum absolute atomic E-state index is 0. The second-order valence-corrected chi connectivity index (χ2v) is 6.52. The monoisotopic (exact) mass is 324 g/mol. The number of aromatic nitrogens is 2. The highest BCUT2D eigenvalue weighted by atomic mass is 35.5. The topological polar surface area (TPSA) is 90.1 Å². The van der Waals surface area contributed by atoms with Crippen LogP contribution in [0.1, 0.15) is 19.8 Å². The third kappa shape index (κ3) is 4.28. The lowest BCUT2D eigenvalue weighted by Crippen LogP contribution is -2.54. The summed E-state index contributed by atoms with van der Waals surface area (Å²) in [6, 6.07) is 0. The van der Waals surface area contributed by atoms with Crippen molar-refractivity contribution in [3.05, 3.63) is 0 Å². The van der Waals surface area contributed by atoms with Crippen LogP contribution in [0.25, 0.3) is 0 Å². The van der Waals surface area contributed by atoms with Gasteiger partial charge in [0.15, 0.2) is 4.34 Å². The van der Waals surface area contributed by atoms with Gasteiger partial charge in [-0.05, 0) is 18.6 Å². The summed E-state index contributed by atoms with van der Waals surface area (Å²) in [6.07, 6.45) is 1.07. The van der Waals surface area contributed by atoms with E-state index < -0.39 is 5.54 Å². The number of anilines is 1. The van der Waals surface area contributed by atoms with Gasteiger partial charge in [0.25, 0.3) is 0 Å². The van der Waals surface area contributed by atoms with Gasteiger partial charge in [-0.2, -0.15) is 0 Å². The summed E-state index contributed by atoms with van der Waals surface area (Å²) in [7, 11) is 0. The van der Waals surface area contributed by atoms with E-state index in [0.29, 0.717) is 31.2 Å². The van der Waals surface area contributed by atoms with Crippen molar-refractivity contribution in [3.63, 3.8) is 0 Å². The summed E-state index contributed by atoms with van der Waals surface area (Å²) in [4.78, 5) is 12.1. The van der Waals surface area contributed by atoms with Crippen LogP contribution in [0, 0.1) is 0 Å². The van der Waals surface area contributed by atoms with Crippen LogP contribution >= 0.6 is 35.5 Å². The fourth-order valence-electron chi connectivity index (χ4n) is 1.63. The highest BCUT2D eigenvalue weighted by Crippen LogP contribution is 2.26. The SMILES string of the molecule is CCSc1nnc(NC(=O)C2(N)CCOCC2)s1.Cl. The van der Waals surface area contributed by atoms with Crippen molar-refractivity contribution in [3.8, 4) is 0 Å². The number of rotatable bonds is 4. The molecule has 1 aromatic heterocycles. The molecule has 0 atom stereocenters.